The molecule has 2 N–H and O–H groups in total. The first kappa shape index (κ1) is 14.0. The van der Waals surface area contributed by atoms with Crippen LogP contribution >= 0.6 is 24.0 Å². The van der Waals surface area contributed by atoms with Crippen LogP contribution in [0.25, 0.3) is 5.57 Å². The van der Waals surface area contributed by atoms with E-state index in [9.17, 15) is 0 Å². The van der Waals surface area contributed by atoms with Gasteiger partial charge < -0.3 is 10.6 Å². The molecule has 0 atom stereocenters. The lowest BCUT2D eigenvalue weighted by atomic mass is 10.00. The van der Waals surface area contributed by atoms with E-state index in [2.05, 4.69) is 40.2 Å². The van der Waals surface area contributed by atoms with Gasteiger partial charge in [0.1, 0.15) is 0 Å². The number of nitrogens with two attached hydrogens (primary N) is 1. The van der Waals surface area contributed by atoms with Gasteiger partial charge in [-0.2, -0.15) is 0 Å². The largest absolute Gasteiger partial charge is 0.370 e. The van der Waals surface area contributed by atoms with Crippen LogP contribution < -0.4 is 5.73 Å². The third-order valence-electron chi connectivity index (χ3n) is 2.91. The zero-order valence-corrected chi connectivity index (χ0v) is 12.3. The van der Waals surface area contributed by atoms with Crippen LogP contribution in [0.5, 0.6) is 0 Å². The molecule has 0 amide bonds. The molecule has 2 rings (SSSR count). The Labute approximate surface area is 119 Å². The fourth-order valence-electron chi connectivity index (χ4n) is 1.93. The van der Waals surface area contributed by atoms with E-state index in [4.69, 9.17) is 5.73 Å². The molecule has 0 saturated carbocycles. The Morgan fingerprint density at radius 2 is 2.00 bits per heavy atom. The smallest absolute Gasteiger partial charge is 0.191 e. The summed E-state index contributed by atoms with van der Waals surface area (Å²) in [6.07, 6.45) is 3.26. The minimum atomic E-state index is 0. The van der Waals surface area contributed by atoms with Crippen LogP contribution in [0.15, 0.2) is 41.4 Å². The molecule has 0 aromatic heterocycles. The molecule has 0 saturated heterocycles. The molecule has 0 aliphatic carbocycles. The van der Waals surface area contributed by atoms with Gasteiger partial charge in [-0.15, -0.1) is 24.0 Å². The van der Waals surface area contributed by atoms with E-state index < -0.39 is 0 Å². The molecular weight excluding hydrogens is 325 g/mol. The van der Waals surface area contributed by atoms with Crippen molar-refractivity contribution >= 4 is 35.5 Å². The normalized spacial score (nSPS) is 16.2. The second kappa shape index (κ2) is 6.64. The molecule has 1 heterocycles. The highest BCUT2D eigenvalue weighted by Gasteiger charge is 2.13. The molecule has 3 nitrogen and oxygen atoms in total. The van der Waals surface area contributed by atoms with Gasteiger partial charge in [-0.1, -0.05) is 36.4 Å². The predicted octanol–water partition coefficient (Wildman–Crippen LogP) is 2.34. The van der Waals surface area contributed by atoms with Gasteiger partial charge >= 0.3 is 0 Å². The highest BCUT2D eigenvalue weighted by atomic mass is 127. The van der Waals surface area contributed by atoms with Gasteiger partial charge in [0.25, 0.3) is 0 Å². The zero-order valence-electron chi connectivity index (χ0n) is 9.97. The molecule has 0 unspecified atom stereocenters. The van der Waals surface area contributed by atoms with Gasteiger partial charge in [0.05, 0.1) is 0 Å². The number of halogens is 1. The van der Waals surface area contributed by atoms with Crippen molar-refractivity contribution in [3.63, 3.8) is 0 Å². The topological polar surface area (TPSA) is 41.6 Å². The van der Waals surface area contributed by atoms with Crippen LogP contribution in [-0.4, -0.2) is 31.0 Å². The van der Waals surface area contributed by atoms with Gasteiger partial charge in [0.15, 0.2) is 5.96 Å². The molecule has 0 fully saturated rings. The fourth-order valence-corrected chi connectivity index (χ4v) is 1.93. The monoisotopic (exact) mass is 343 g/mol. The van der Waals surface area contributed by atoms with E-state index in [-0.39, 0.29) is 24.0 Å². The number of hydrogen-bond donors (Lipinski definition) is 1. The summed E-state index contributed by atoms with van der Waals surface area (Å²) in [6.45, 7) is 1.80. The van der Waals surface area contributed by atoms with Crippen LogP contribution in [0, 0.1) is 0 Å². The van der Waals surface area contributed by atoms with Crippen LogP contribution in [0.3, 0.4) is 0 Å². The Balaban J connectivity index is 0.00000144. The number of nitrogens with zero attached hydrogens (tertiary/aromatic N) is 2. The van der Waals surface area contributed by atoms with Crippen molar-refractivity contribution in [3.8, 4) is 0 Å². The van der Waals surface area contributed by atoms with E-state index in [1.807, 2.05) is 6.07 Å². The lowest BCUT2D eigenvalue weighted by molar-refractivity contribution is 0.454. The quantitative estimate of drug-likeness (QED) is 0.483. The van der Waals surface area contributed by atoms with Crippen molar-refractivity contribution in [1.82, 2.24) is 4.90 Å². The highest BCUT2D eigenvalue weighted by molar-refractivity contribution is 14.0. The van der Waals surface area contributed by atoms with Crippen molar-refractivity contribution in [1.29, 1.82) is 0 Å². The van der Waals surface area contributed by atoms with Crippen molar-refractivity contribution in [2.24, 2.45) is 10.7 Å². The van der Waals surface area contributed by atoms with Gasteiger partial charge in [0, 0.05) is 20.1 Å². The Morgan fingerprint density at radius 3 is 2.53 bits per heavy atom. The molecule has 0 radical (unpaired) electrons. The van der Waals surface area contributed by atoms with Crippen molar-refractivity contribution in [2.45, 2.75) is 6.42 Å². The molecule has 0 bridgehead atoms. The Kier molecular flexibility index (Phi) is 5.47. The molecule has 92 valence electrons. The summed E-state index contributed by atoms with van der Waals surface area (Å²) in [7, 11) is 1.73. The number of hydrogen-bond acceptors (Lipinski definition) is 1. The number of rotatable bonds is 1. The summed E-state index contributed by atoms with van der Waals surface area (Å²) in [6, 6.07) is 10.5. The molecule has 4 heteroatoms. The van der Waals surface area contributed by atoms with Gasteiger partial charge in [0.2, 0.25) is 0 Å². The Hall–Kier alpha value is -1.04. The first-order valence-electron chi connectivity index (χ1n) is 5.53. The molecule has 17 heavy (non-hydrogen) atoms. The van der Waals surface area contributed by atoms with E-state index in [0.717, 1.165) is 19.5 Å². The van der Waals surface area contributed by atoms with Crippen molar-refractivity contribution < 1.29 is 0 Å². The molecule has 1 aromatic rings. The van der Waals surface area contributed by atoms with Crippen molar-refractivity contribution in [3.05, 3.63) is 42.0 Å². The van der Waals surface area contributed by atoms with E-state index >= 15 is 0 Å². The third kappa shape index (κ3) is 3.46. The van der Waals surface area contributed by atoms with E-state index in [1.165, 1.54) is 11.1 Å². The van der Waals surface area contributed by atoms with E-state index in [1.54, 1.807) is 7.05 Å². The van der Waals surface area contributed by atoms with Crippen LogP contribution in [-0.2, 0) is 0 Å². The van der Waals surface area contributed by atoms with Crippen LogP contribution in [0.2, 0.25) is 0 Å². The summed E-state index contributed by atoms with van der Waals surface area (Å²) < 4.78 is 0. The van der Waals surface area contributed by atoms with Gasteiger partial charge in [-0.05, 0) is 17.6 Å². The van der Waals surface area contributed by atoms with Crippen molar-refractivity contribution in [2.75, 3.05) is 20.1 Å². The third-order valence-corrected chi connectivity index (χ3v) is 2.91. The number of aliphatic imine (C=N–C) groups is 1. The summed E-state index contributed by atoms with van der Waals surface area (Å²) in [5.74, 6) is 0.628. The molecule has 1 aliphatic rings. The molecule has 0 spiro atoms. The lowest BCUT2D eigenvalue weighted by Crippen LogP contribution is -2.39. The lowest BCUT2D eigenvalue weighted by Gasteiger charge is -2.27. The minimum absolute atomic E-state index is 0. The Morgan fingerprint density at radius 1 is 1.29 bits per heavy atom. The second-order valence-corrected chi connectivity index (χ2v) is 3.87. The molecule has 1 aromatic carbocycles. The molecular formula is C13H18IN3. The standard InChI is InChI=1S/C13H17N3.HI/c1-15-13(14)16-9-7-12(8-10-16)11-5-3-2-4-6-11;/h2-7H,8-10H2,1H3,(H2,14,15);1H. The maximum atomic E-state index is 5.78. The SMILES string of the molecule is CN=C(N)N1CC=C(c2ccccc2)CC1.I. The number of guanidine groups is 1. The number of benzene rings is 1. The first-order chi connectivity index (χ1) is 7.81. The average molecular weight is 343 g/mol. The second-order valence-electron chi connectivity index (χ2n) is 3.87. The summed E-state index contributed by atoms with van der Waals surface area (Å²) in [5, 5.41) is 0. The van der Waals surface area contributed by atoms with E-state index in [0.29, 0.717) is 5.96 Å². The average Bonchev–Trinajstić information content (AvgIpc) is 2.39. The van der Waals surface area contributed by atoms with Crippen LogP contribution in [0.1, 0.15) is 12.0 Å². The highest BCUT2D eigenvalue weighted by Crippen LogP contribution is 2.21. The maximum Gasteiger partial charge on any atom is 0.191 e. The maximum absolute atomic E-state index is 5.78. The summed E-state index contributed by atoms with van der Waals surface area (Å²) in [4.78, 5) is 6.09. The summed E-state index contributed by atoms with van der Waals surface area (Å²) >= 11 is 0. The molecule has 1 aliphatic heterocycles. The first-order valence-corrected chi connectivity index (χ1v) is 5.53. The zero-order chi connectivity index (χ0) is 11.4. The van der Waals surface area contributed by atoms with Gasteiger partial charge in [-0.3, -0.25) is 4.99 Å². The Bertz CT molecular complexity index is 412. The fraction of sp³-hybridized carbons (Fsp3) is 0.308. The van der Waals surface area contributed by atoms with Gasteiger partial charge in [-0.25, -0.2) is 0 Å². The van der Waals surface area contributed by atoms with Crippen LogP contribution in [0.4, 0.5) is 0 Å². The minimum Gasteiger partial charge on any atom is -0.370 e. The predicted molar refractivity (Wildman–Crippen MR) is 83.6 cm³/mol. The summed E-state index contributed by atoms with van der Waals surface area (Å²) in [5.41, 5.74) is 8.50.